The lowest BCUT2D eigenvalue weighted by Crippen LogP contribution is -2.47. The Morgan fingerprint density at radius 3 is 1.46 bits per heavy atom. The average Bonchev–Trinajstić information content (AvgIpc) is 3.35. The fourth-order valence-corrected chi connectivity index (χ4v) is 13.5. The molecule has 3 aliphatic rings. The van der Waals surface area contributed by atoms with Gasteiger partial charge in [0.25, 0.3) is 0 Å². The summed E-state index contributed by atoms with van der Waals surface area (Å²) in [7, 11) is 23.0. The molecule has 81 heavy (non-hydrogen) atoms. The number of allylic oxidation sites excluding steroid dienone is 6. The third-order valence-electron chi connectivity index (χ3n) is 17.8. The van der Waals surface area contributed by atoms with Gasteiger partial charge in [-0.05, 0) is 167 Å². The summed E-state index contributed by atoms with van der Waals surface area (Å²) in [5, 5.41) is 36.5. The number of quaternary nitrogens is 2. The van der Waals surface area contributed by atoms with Crippen LogP contribution in [-0.2, 0) is 9.59 Å². The molecule has 2 amide bonds. The molecule has 0 aromatic rings. The zero-order valence-electron chi connectivity index (χ0n) is 57.2. The van der Waals surface area contributed by atoms with Crippen LogP contribution < -0.4 is 0 Å². The van der Waals surface area contributed by atoms with E-state index in [2.05, 4.69) is 119 Å². The van der Waals surface area contributed by atoms with E-state index in [1.807, 2.05) is 0 Å². The van der Waals surface area contributed by atoms with E-state index in [0.717, 1.165) is 85.9 Å². The van der Waals surface area contributed by atoms with Crippen molar-refractivity contribution in [2.24, 2.45) is 71.0 Å². The van der Waals surface area contributed by atoms with E-state index < -0.39 is 0 Å². The van der Waals surface area contributed by atoms with Crippen LogP contribution >= 0.6 is 0 Å². The van der Waals surface area contributed by atoms with Crippen LogP contribution in [0.5, 0.6) is 0 Å². The number of hydroxylamine groups is 6. The van der Waals surface area contributed by atoms with E-state index in [0.29, 0.717) is 37.8 Å². The molecule has 10 atom stereocenters. The summed E-state index contributed by atoms with van der Waals surface area (Å²) in [6.07, 6.45) is 37.0. The Balaban J connectivity index is 0.00000117. The molecule has 10 unspecified atom stereocenters. The van der Waals surface area contributed by atoms with E-state index >= 15 is 0 Å². The van der Waals surface area contributed by atoms with Crippen LogP contribution in [0.3, 0.4) is 0 Å². The number of rotatable bonds is 32. The third kappa shape index (κ3) is 39.2. The monoisotopic (exact) mass is 1150 g/mol. The molecule has 0 aromatic carbocycles. The molecule has 2 saturated carbocycles. The molecule has 0 saturated heterocycles. The lowest BCUT2D eigenvalue weighted by Gasteiger charge is -2.46. The molecule has 12 heteroatoms. The van der Waals surface area contributed by atoms with Gasteiger partial charge in [0.05, 0.1) is 53.1 Å². The quantitative estimate of drug-likeness (QED) is 0.0294. The van der Waals surface area contributed by atoms with Gasteiger partial charge in [-0.15, -0.1) is 0 Å². The smallest absolute Gasteiger partial charge is 0.226 e. The molecule has 0 radical (unpaired) electrons. The van der Waals surface area contributed by atoms with Crippen molar-refractivity contribution in [3.05, 3.63) is 45.4 Å². The molecule has 2 N–H and O–H groups in total. The van der Waals surface area contributed by atoms with Crippen molar-refractivity contribution in [1.82, 2.24) is 19.6 Å². The molecule has 12 nitrogen and oxygen atoms in total. The standard InChI is InChI=1S/C23H48N2O2.C23H38N2O2.C23H48N2.H2O2/c1-19(2)10-8-11-20(3)12-9-13-21-14-15-22(17-24(4,5)26)23(16-21)18-25(6,7)27;1-17(2)10-8-11-18(3)12-9-13-19-14-15-20(22(26)24(4)5)21(16-19)23(27)25(6)7;1-19(2)10-8-11-20(3)12-9-13-21-14-15-22(17-24(4)5)23(16-21)18-25(6)7;1-2/h19-23H,8-18H2,1-7H3;10,12,14,20-21H,8-9,11,13,15-16H2,1-7H3;19-23H,8-18H2,1-7H3;1-2H/b;18-12+;;. The highest BCUT2D eigenvalue weighted by Crippen LogP contribution is 2.40. The van der Waals surface area contributed by atoms with E-state index in [1.165, 1.54) is 133 Å². The first kappa shape index (κ1) is 78.8. The van der Waals surface area contributed by atoms with Crippen molar-refractivity contribution in [1.29, 1.82) is 0 Å². The van der Waals surface area contributed by atoms with Gasteiger partial charge in [0.2, 0.25) is 11.8 Å². The van der Waals surface area contributed by atoms with Gasteiger partial charge in [0, 0.05) is 53.1 Å². The van der Waals surface area contributed by atoms with E-state index in [1.54, 1.807) is 66.2 Å². The zero-order chi connectivity index (χ0) is 62.0. The molecule has 0 bridgehead atoms. The van der Waals surface area contributed by atoms with Gasteiger partial charge in [0.15, 0.2) is 0 Å². The SMILES string of the molecule is CC(C)=CCC/C(C)=C/CCC1=CCC(C(=O)N(C)C)C(C(=O)N(C)C)C1.CC(C)CCCC(C)CCCC1CCC(CN(C)C)C(CN(C)C)C1.CC(C)CCCC(C)CCCC1CCC(C[N+](C)(C)[O-])C(C[N+](C)(C)[O-])C1.OO. The Kier molecular flexibility index (Phi) is 41.5. The fraction of sp³-hybridized carbons (Fsp3) is 0.884. The number of hydrogen-bond acceptors (Lipinski definition) is 8. The summed E-state index contributed by atoms with van der Waals surface area (Å²) in [5.74, 6) is 7.49. The van der Waals surface area contributed by atoms with Gasteiger partial charge in [0.1, 0.15) is 0 Å². The molecule has 0 heterocycles. The van der Waals surface area contributed by atoms with Crippen molar-refractivity contribution in [3.8, 4) is 0 Å². The number of amides is 2. The predicted octanol–water partition coefficient (Wildman–Crippen LogP) is 16.2. The summed E-state index contributed by atoms with van der Waals surface area (Å²) in [6.45, 7) is 24.5. The molecule has 3 aliphatic carbocycles. The van der Waals surface area contributed by atoms with Crippen LogP contribution in [0.4, 0.5) is 0 Å². The van der Waals surface area contributed by atoms with Gasteiger partial charge in [-0.25, -0.2) is 0 Å². The molecule has 0 aliphatic heterocycles. The van der Waals surface area contributed by atoms with Gasteiger partial charge >= 0.3 is 0 Å². The number of carbonyl (C=O) groups excluding carboxylic acids is 2. The Morgan fingerprint density at radius 1 is 0.580 bits per heavy atom. The van der Waals surface area contributed by atoms with Crippen LogP contribution in [-0.4, -0.2) is 162 Å². The van der Waals surface area contributed by atoms with Crippen molar-refractivity contribution < 1.29 is 29.4 Å². The van der Waals surface area contributed by atoms with Crippen molar-refractivity contribution in [2.45, 2.75) is 216 Å². The second-order valence-electron chi connectivity index (χ2n) is 29.5. The largest absolute Gasteiger partial charge is 0.633 e. The van der Waals surface area contributed by atoms with Crippen LogP contribution in [0.1, 0.15) is 216 Å². The van der Waals surface area contributed by atoms with Crippen LogP contribution in [0.15, 0.2) is 34.9 Å². The van der Waals surface area contributed by atoms with Crippen LogP contribution in [0, 0.1) is 81.4 Å². The fourth-order valence-electron chi connectivity index (χ4n) is 13.5. The minimum absolute atomic E-state index is 0.0560. The average molecular weight is 1150 g/mol. The van der Waals surface area contributed by atoms with Gasteiger partial charge in [-0.1, -0.05) is 160 Å². The summed E-state index contributed by atoms with van der Waals surface area (Å²) in [4.78, 5) is 33.2. The summed E-state index contributed by atoms with van der Waals surface area (Å²) in [6, 6.07) is 0. The third-order valence-corrected chi connectivity index (χ3v) is 17.8. The first-order valence-electron chi connectivity index (χ1n) is 32.7. The first-order valence-corrected chi connectivity index (χ1v) is 32.7. The molecule has 0 aromatic heterocycles. The second-order valence-corrected chi connectivity index (χ2v) is 29.5. The normalized spacial score (nSPS) is 23.3. The van der Waals surface area contributed by atoms with Crippen molar-refractivity contribution in [2.75, 3.05) is 111 Å². The Bertz CT molecular complexity index is 1720. The summed E-state index contributed by atoms with van der Waals surface area (Å²) in [5.41, 5.74) is 4.10. The summed E-state index contributed by atoms with van der Waals surface area (Å²) >= 11 is 0. The van der Waals surface area contributed by atoms with Gasteiger partial charge in [-0.2, -0.15) is 0 Å². The minimum atomic E-state index is -0.238. The number of nitrogens with zero attached hydrogens (tertiary/aromatic N) is 6. The number of hydrogen-bond donors (Lipinski definition) is 2. The van der Waals surface area contributed by atoms with Crippen LogP contribution in [0.2, 0.25) is 0 Å². The Hall–Kier alpha value is -2.16. The van der Waals surface area contributed by atoms with Crippen LogP contribution in [0.25, 0.3) is 0 Å². The van der Waals surface area contributed by atoms with Crippen molar-refractivity contribution >= 4 is 11.8 Å². The number of carbonyl (C=O) groups is 2. The van der Waals surface area contributed by atoms with Gasteiger partial charge in [-0.3, -0.25) is 20.1 Å². The maximum Gasteiger partial charge on any atom is 0.226 e. The lowest BCUT2D eigenvalue weighted by molar-refractivity contribution is -0.854. The topological polar surface area (TPSA) is 134 Å². The van der Waals surface area contributed by atoms with Gasteiger partial charge < -0.3 is 39.3 Å². The highest BCUT2D eigenvalue weighted by Gasteiger charge is 2.38. The van der Waals surface area contributed by atoms with Crippen molar-refractivity contribution in [3.63, 3.8) is 0 Å². The predicted molar refractivity (Wildman–Crippen MR) is 348 cm³/mol. The molecule has 478 valence electrons. The second kappa shape index (κ2) is 42.6. The first-order chi connectivity index (χ1) is 37.8. The zero-order valence-corrected chi connectivity index (χ0v) is 57.2. The Labute approximate surface area is 502 Å². The highest BCUT2D eigenvalue weighted by molar-refractivity contribution is 5.88. The summed E-state index contributed by atoms with van der Waals surface area (Å²) < 4.78 is -0.459. The lowest BCUT2D eigenvalue weighted by atomic mass is 9.72. The molecule has 0 spiro atoms. The van der Waals surface area contributed by atoms with E-state index in [9.17, 15) is 20.0 Å². The molecular formula is C69H136N6O6. The Morgan fingerprint density at radius 2 is 1.01 bits per heavy atom. The van der Waals surface area contributed by atoms with E-state index in [-0.39, 0.29) is 32.9 Å². The minimum Gasteiger partial charge on any atom is -0.633 e. The molecule has 3 rings (SSSR count). The highest BCUT2D eigenvalue weighted by atomic mass is 17.0. The maximum atomic E-state index is 12.6. The maximum absolute atomic E-state index is 12.6. The molecular weight excluding hydrogens is 1010 g/mol. The van der Waals surface area contributed by atoms with E-state index in [4.69, 9.17) is 10.5 Å². The molecule has 2 fully saturated rings.